The van der Waals surface area contributed by atoms with Gasteiger partial charge in [0, 0.05) is 19.2 Å². The van der Waals surface area contributed by atoms with E-state index in [0.29, 0.717) is 17.2 Å². The fraction of sp³-hybridized carbons (Fsp3) is 0.267. The summed E-state index contributed by atoms with van der Waals surface area (Å²) in [6.07, 6.45) is 1.33. The van der Waals surface area contributed by atoms with Gasteiger partial charge in [-0.3, -0.25) is 10.1 Å². The number of nitrogens with one attached hydrogen (secondary N) is 1. The molecule has 1 aliphatic rings. The maximum absolute atomic E-state index is 12.4. The lowest BCUT2D eigenvalue weighted by molar-refractivity contribution is -0.384. The van der Waals surface area contributed by atoms with Crippen LogP contribution in [-0.4, -0.2) is 46.5 Å². The number of hydrogen-bond donors (Lipinski definition) is 1. The van der Waals surface area contributed by atoms with Crippen LogP contribution in [0.5, 0.6) is 0 Å². The van der Waals surface area contributed by atoms with Crippen molar-refractivity contribution < 1.29 is 19.2 Å². The zero-order valence-electron chi connectivity index (χ0n) is 13.5. The minimum absolute atomic E-state index is 0.0878. The van der Waals surface area contributed by atoms with Crippen LogP contribution in [0.25, 0.3) is 0 Å². The molecule has 0 saturated carbocycles. The van der Waals surface area contributed by atoms with Gasteiger partial charge < -0.3 is 14.8 Å². The van der Waals surface area contributed by atoms with Crippen molar-refractivity contribution in [2.45, 2.75) is 6.04 Å². The molecule has 1 N–H and O–H groups in total. The highest BCUT2D eigenvalue weighted by atomic mass is 16.6. The van der Waals surface area contributed by atoms with E-state index in [1.54, 1.807) is 12.1 Å². The molecule has 0 aliphatic carbocycles. The van der Waals surface area contributed by atoms with Crippen molar-refractivity contribution >= 4 is 17.6 Å². The Labute approximate surface area is 142 Å². The summed E-state index contributed by atoms with van der Waals surface area (Å²) < 4.78 is 11.5. The first-order valence-electron chi connectivity index (χ1n) is 7.28. The molecule has 10 nitrogen and oxygen atoms in total. The highest BCUT2D eigenvalue weighted by molar-refractivity contribution is 5.92. The van der Waals surface area contributed by atoms with Crippen LogP contribution in [0.4, 0.5) is 11.6 Å². The van der Waals surface area contributed by atoms with Crippen LogP contribution in [-0.2, 0) is 14.3 Å². The van der Waals surface area contributed by atoms with E-state index in [9.17, 15) is 14.9 Å². The Morgan fingerprint density at radius 2 is 2.24 bits per heavy atom. The van der Waals surface area contributed by atoms with Gasteiger partial charge in [-0.25, -0.2) is 9.48 Å². The van der Waals surface area contributed by atoms with Gasteiger partial charge in [0.1, 0.15) is 12.4 Å². The number of anilines is 1. The van der Waals surface area contributed by atoms with Gasteiger partial charge in [0.25, 0.3) is 5.69 Å². The molecule has 3 rings (SSSR count). The van der Waals surface area contributed by atoms with Crippen molar-refractivity contribution in [3.8, 4) is 0 Å². The van der Waals surface area contributed by atoms with Gasteiger partial charge in [0.15, 0.2) is 0 Å². The van der Waals surface area contributed by atoms with Gasteiger partial charge in [0.05, 0.1) is 29.9 Å². The minimum atomic E-state index is -0.726. The fourth-order valence-corrected chi connectivity index (χ4v) is 2.74. The molecule has 0 radical (unpaired) electrons. The molecule has 0 saturated heterocycles. The third kappa shape index (κ3) is 2.94. The summed E-state index contributed by atoms with van der Waals surface area (Å²) in [5, 5.41) is 18.2. The number of nitro groups is 1. The number of fused-ring (bicyclic) bond motifs is 1. The topological polar surface area (TPSA) is 121 Å². The summed E-state index contributed by atoms with van der Waals surface area (Å²) in [5.41, 5.74) is 1.14. The number of rotatable bonds is 5. The second-order valence-corrected chi connectivity index (χ2v) is 5.22. The summed E-state index contributed by atoms with van der Waals surface area (Å²) >= 11 is 0. The van der Waals surface area contributed by atoms with Crippen LogP contribution in [0.15, 0.2) is 41.9 Å². The van der Waals surface area contributed by atoms with E-state index in [0.717, 1.165) is 0 Å². The van der Waals surface area contributed by atoms with Crippen LogP contribution >= 0.6 is 0 Å². The minimum Gasteiger partial charge on any atom is -0.466 e. The van der Waals surface area contributed by atoms with E-state index < -0.39 is 16.9 Å². The number of non-ortho nitro benzene ring substituents is 1. The lowest BCUT2D eigenvalue weighted by Gasteiger charge is -2.28. The number of methoxy groups -OCH3 is 2. The number of nitrogens with zero attached hydrogens (tertiary/aromatic N) is 4. The number of hydrogen-bond acceptors (Lipinski definition) is 8. The van der Waals surface area contributed by atoms with Crippen LogP contribution in [0, 0.1) is 10.1 Å². The predicted octanol–water partition coefficient (Wildman–Crippen LogP) is 1.27. The highest BCUT2D eigenvalue weighted by Crippen LogP contribution is 2.36. The number of nitro benzene ring substituents is 1. The summed E-state index contributed by atoms with van der Waals surface area (Å²) in [7, 11) is 2.76. The number of aromatic nitrogens is 3. The summed E-state index contributed by atoms with van der Waals surface area (Å²) in [6, 6.07) is 5.29. The van der Waals surface area contributed by atoms with E-state index in [2.05, 4.69) is 15.4 Å². The van der Waals surface area contributed by atoms with Gasteiger partial charge in [-0.05, 0) is 5.56 Å². The molecular formula is C15H15N5O5. The quantitative estimate of drug-likeness (QED) is 0.488. The second kappa shape index (κ2) is 6.69. The summed E-state index contributed by atoms with van der Waals surface area (Å²) in [5.74, 6) is -0.187. The molecule has 0 amide bonds. The lowest BCUT2D eigenvalue weighted by atomic mass is 9.95. The molecular weight excluding hydrogens is 330 g/mol. The van der Waals surface area contributed by atoms with Crippen molar-refractivity contribution in [3.63, 3.8) is 0 Å². The van der Waals surface area contributed by atoms with Crippen molar-refractivity contribution in [2.75, 3.05) is 26.1 Å². The molecule has 130 valence electrons. The number of benzene rings is 1. The van der Waals surface area contributed by atoms with Gasteiger partial charge in [0.2, 0.25) is 5.95 Å². The molecule has 1 aliphatic heterocycles. The Hall–Kier alpha value is -3.27. The molecule has 25 heavy (non-hydrogen) atoms. The number of ether oxygens (including phenoxy) is 2. The van der Waals surface area contributed by atoms with Crippen molar-refractivity contribution in [3.05, 3.63) is 57.5 Å². The van der Waals surface area contributed by atoms with Crippen LogP contribution < -0.4 is 5.32 Å². The Kier molecular flexibility index (Phi) is 4.44. The monoisotopic (exact) mass is 345 g/mol. The summed E-state index contributed by atoms with van der Waals surface area (Å²) in [4.78, 5) is 27.1. The number of carbonyl (C=O) groups is 1. The zero-order valence-corrected chi connectivity index (χ0v) is 13.5. The Bertz CT molecular complexity index is 860. The molecule has 0 bridgehead atoms. The van der Waals surface area contributed by atoms with Crippen LogP contribution in [0.2, 0.25) is 0 Å². The largest absolute Gasteiger partial charge is 0.466 e. The number of esters is 1. The predicted molar refractivity (Wildman–Crippen MR) is 85.8 cm³/mol. The number of carbonyl (C=O) groups excluding carboxylic acids is 1. The van der Waals surface area contributed by atoms with Crippen molar-refractivity contribution in [1.29, 1.82) is 0 Å². The van der Waals surface area contributed by atoms with Crippen molar-refractivity contribution in [2.24, 2.45) is 0 Å². The highest BCUT2D eigenvalue weighted by Gasteiger charge is 2.35. The molecule has 2 heterocycles. The normalized spacial score (nSPS) is 16.2. The fourth-order valence-electron chi connectivity index (χ4n) is 2.74. The molecule has 0 unspecified atom stereocenters. The second-order valence-electron chi connectivity index (χ2n) is 5.22. The maximum Gasteiger partial charge on any atom is 0.338 e. The van der Waals surface area contributed by atoms with Gasteiger partial charge in [-0.15, -0.1) is 0 Å². The van der Waals surface area contributed by atoms with E-state index in [1.807, 2.05) is 0 Å². The molecule has 0 spiro atoms. The molecule has 1 atom stereocenters. The van der Waals surface area contributed by atoms with Crippen LogP contribution in [0.1, 0.15) is 11.6 Å². The van der Waals surface area contributed by atoms with Crippen molar-refractivity contribution in [1.82, 2.24) is 14.8 Å². The molecule has 1 aromatic carbocycles. The Morgan fingerprint density at radius 3 is 2.92 bits per heavy atom. The van der Waals surface area contributed by atoms with E-state index in [-0.39, 0.29) is 17.9 Å². The first kappa shape index (κ1) is 16.6. The molecule has 1 aromatic heterocycles. The maximum atomic E-state index is 12.4. The first-order chi connectivity index (χ1) is 12.1. The van der Waals surface area contributed by atoms with Gasteiger partial charge >= 0.3 is 5.97 Å². The Morgan fingerprint density at radius 1 is 1.44 bits per heavy atom. The van der Waals surface area contributed by atoms with Crippen LogP contribution in [0.3, 0.4) is 0 Å². The standard InChI is InChI=1S/C15H15N5O5/c1-24-7-11-12(14(21)25-2)13(19-15(18-11)16-8-17-19)9-4-3-5-10(6-9)20(22)23/h3-6,8,13H,7H2,1-2H3,(H,16,17,18)/t13-/m1/s1. The smallest absolute Gasteiger partial charge is 0.338 e. The average Bonchev–Trinajstić information content (AvgIpc) is 3.08. The van der Waals surface area contributed by atoms with E-state index in [1.165, 1.54) is 37.4 Å². The summed E-state index contributed by atoms with van der Waals surface area (Å²) in [6.45, 7) is 0.114. The zero-order chi connectivity index (χ0) is 18.0. The van der Waals surface area contributed by atoms with E-state index >= 15 is 0 Å². The third-order valence-electron chi connectivity index (χ3n) is 3.77. The van der Waals surface area contributed by atoms with Gasteiger partial charge in [-0.1, -0.05) is 12.1 Å². The van der Waals surface area contributed by atoms with E-state index in [4.69, 9.17) is 9.47 Å². The molecule has 0 fully saturated rings. The van der Waals surface area contributed by atoms with Gasteiger partial charge in [-0.2, -0.15) is 10.1 Å². The third-order valence-corrected chi connectivity index (χ3v) is 3.77. The Balaban J connectivity index is 2.21. The molecule has 2 aromatic rings. The lowest BCUT2D eigenvalue weighted by Crippen LogP contribution is -2.31. The first-order valence-corrected chi connectivity index (χ1v) is 7.28. The molecule has 10 heteroatoms. The average molecular weight is 345 g/mol. The SMILES string of the molecule is COCC1=C(C(=O)OC)[C@@H](c2cccc([N+](=O)[O-])c2)n2ncnc2N1.